The third-order valence-corrected chi connectivity index (χ3v) is 5.27. The number of carbonyl (C=O) groups is 2. The van der Waals surface area contributed by atoms with E-state index in [-0.39, 0.29) is 30.0 Å². The fourth-order valence-corrected chi connectivity index (χ4v) is 3.53. The Morgan fingerprint density at radius 2 is 1.90 bits per heavy atom. The lowest BCUT2D eigenvalue weighted by Gasteiger charge is -2.22. The summed E-state index contributed by atoms with van der Waals surface area (Å²) in [5.74, 6) is 0.409. The minimum absolute atomic E-state index is 0.0491. The highest BCUT2D eigenvalue weighted by atomic mass is 16.5. The average molecular weight is 414 g/mol. The summed E-state index contributed by atoms with van der Waals surface area (Å²) in [5, 5.41) is 12.4. The maximum absolute atomic E-state index is 12.5. The first-order valence-electron chi connectivity index (χ1n) is 10.5. The fraction of sp³-hybridized carbons (Fsp3) is 0.522. The topological polar surface area (TPSA) is 91.7 Å². The number of benzene rings is 1. The predicted octanol–water partition coefficient (Wildman–Crippen LogP) is 3.30. The Labute approximate surface area is 178 Å². The number of methoxy groups -OCH3 is 1. The molecule has 7 heteroatoms. The zero-order chi connectivity index (χ0) is 21.9. The summed E-state index contributed by atoms with van der Waals surface area (Å²) < 4.78 is 11.0. The van der Waals surface area contributed by atoms with Crippen molar-refractivity contribution in [3.63, 3.8) is 0 Å². The van der Waals surface area contributed by atoms with Gasteiger partial charge in [-0.05, 0) is 50.5 Å². The molecular formula is C23H31N3O4. The third-order valence-electron chi connectivity index (χ3n) is 5.27. The molecule has 0 radical (unpaired) electrons. The van der Waals surface area contributed by atoms with Crippen LogP contribution in [-0.4, -0.2) is 49.6 Å². The van der Waals surface area contributed by atoms with Crippen LogP contribution in [0.5, 0.6) is 11.5 Å². The molecule has 0 spiro atoms. The molecular weight excluding hydrogens is 382 g/mol. The molecule has 7 nitrogen and oxygen atoms in total. The Bertz CT molecular complexity index is 803. The van der Waals surface area contributed by atoms with Crippen LogP contribution in [0, 0.1) is 11.3 Å². The average Bonchev–Trinajstić information content (AvgIpc) is 2.77. The van der Waals surface area contributed by atoms with Crippen LogP contribution in [0.3, 0.4) is 0 Å². The van der Waals surface area contributed by atoms with Crippen LogP contribution < -0.4 is 14.8 Å². The highest BCUT2D eigenvalue weighted by molar-refractivity contribution is 6.01. The minimum atomic E-state index is -0.353. The summed E-state index contributed by atoms with van der Waals surface area (Å²) in [4.78, 5) is 26.3. The maximum atomic E-state index is 12.5. The molecule has 0 unspecified atom stereocenters. The number of hydrogen-bond donors (Lipinski definition) is 1. The van der Waals surface area contributed by atoms with Crippen molar-refractivity contribution in [2.75, 3.05) is 26.8 Å². The molecule has 1 aromatic carbocycles. The van der Waals surface area contributed by atoms with Crippen LogP contribution in [0.15, 0.2) is 23.8 Å². The van der Waals surface area contributed by atoms with Gasteiger partial charge >= 0.3 is 0 Å². The van der Waals surface area contributed by atoms with Gasteiger partial charge in [-0.3, -0.25) is 9.59 Å². The number of nitrogens with zero attached hydrogens (tertiary/aromatic N) is 2. The first kappa shape index (κ1) is 23.3. The smallest absolute Gasteiger partial charge is 0.262 e. The lowest BCUT2D eigenvalue weighted by atomic mass is 9.95. The quantitative estimate of drug-likeness (QED) is 0.495. The van der Waals surface area contributed by atoms with Gasteiger partial charge in [-0.1, -0.05) is 25.3 Å². The van der Waals surface area contributed by atoms with Gasteiger partial charge in [-0.25, -0.2) is 0 Å². The van der Waals surface area contributed by atoms with Crippen molar-refractivity contribution in [1.29, 1.82) is 5.26 Å². The molecule has 1 fully saturated rings. The van der Waals surface area contributed by atoms with E-state index in [2.05, 4.69) is 5.32 Å². The third kappa shape index (κ3) is 6.51. The van der Waals surface area contributed by atoms with Crippen LogP contribution in [0.25, 0.3) is 6.08 Å². The molecule has 0 aliphatic heterocycles. The molecule has 30 heavy (non-hydrogen) atoms. The molecule has 1 aliphatic carbocycles. The number of carbonyl (C=O) groups excluding carboxylic acids is 2. The van der Waals surface area contributed by atoms with Crippen LogP contribution in [0.2, 0.25) is 0 Å². The standard InChI is InChI=1S/C23H31N3O4/c1-4-26(5-2)22(27)16-30-20-12-11-17(14-21(20)29-3)13-18(15-24)23(28)25-19-9-7-6-8-10-19/h11-14,19H,4-10,16H2,1-3H3,(H,25,28)/b18-13+. The number of likely N-dealkylation sites (N-methyl/N-ethyl adjacent to an activating group) is 1. The number of nitrogens with one attached hydrogen (secondary N) is 1. The number of amides is 2. The van der Waals surface area contributed by atoms with E-state index in [0.29, 0.717) is 30.2 Å². The summed E-state index contributed by atoms with van der Waals surface area (Å²) in [6.07, 6.45) is 6.85. The fourth-order valence-electron chi connectivity index (χ4n) is 3.53. The van der Waals surface area contributed by atoms with Crippen LogP contribution in [-0.2, 0) is 9.59 Å². The Kier molecular flexibility index (Phi) is 9.20. The van der Waals surface area contributed by atoms with Gasteiger partial charge in [0.15, 0.2) is 18.1 Å². The summed E-state index contributed by atoms with van der Waals surface area (Å²) in [6.45, 7) is 5.00. The zero-order valence-electron chi connectivity index (χ0n) is 18.1. The van der Waals surface area contributed by atoms with Gasteiger partial charge in [0.2, 0.25) is 0 Å². The molecule has 2 rings (SSSR count). The predicted molar refractivity (Wildman–Crippen MR) is 115 cm³/mol. The lowest BCUT2D eigenvalue weighted by molar-refractivity contribution is -0.133. The van der Waals surface area contributed by atoms with Gasteiger partial charge in [-0.2, -0.15) is 5.26 Å². The highest BCUT2D eigenvalue weighted by Gasteiger charge is 2.18. The van der Waals surface area contributed by atoms with Gasteiger partial charge < -0.3 is 19.7 Å². The van der Waals surface area contributed by atoms with E-state index in [0.717, 1.165) is 25.7 Å². The van der Waals surface area contributed by atoms with E-state index >= 15 is 0 Å². The molecule has 1 saturated carbocycles. The van der Waals surface area contributed by atoms with Crippen molar-refractivity contribution in [1.82, 2.24) is 10.2 Å². The molecule has 1 aliphatic rings. The number of nitriles is 1. The summed E-state index contributed by atoms with van der Waals surface area (Å²) in [7, 11) is 1.50. The van der Waals surface area contributed by atoms with Crippen molar-refractivity contribution >= 4 is 17.9 Å². The van der Waals surface area contributed by atoms with Gasteiger partial charge in [0.25, 0.3) is 11.8 Å². The van der Waals surface area contributed by atoms with E-state index in [1.165, 1.54) is 19.6 Å². The van der Waals surface area contributed by atoms with E-state index in [9.17, 15) is 14.9 Å². The number of rotatable bonds is 9. The second kappa shape index (κ2) is 11.9. The van der Waals surface area contributed by atoms with Crippen LogP contribution in [0.1, 0.15) is 51.5 Å². The Morgan fingerprint density at radius 3 is 2.50 bits per heavy atom. The van der Waals surface area contributed by atoms with E-state index in [1.54, 1.807) is 23.1 Å². The van der Waals surface area contributed by atoms with Gasteiger partial charge in [0.05, 0.1) is 7.11 Å². The Balaban J connectivity index is 2.08. The molecule has 0 heterocycles. The van der Waals surface area contributed by atoms with Gasteiger partial charge in [0, 0.05) is 19.1 Å². The van der Waals surface area contributed by atoms with Crippen molar-refractivity contribution < 1.29 is 19.1 Å². The molecule has 0 atom stereocenters. The molecule has 1 aromatic rings. The largest absolute Gasteiger partial charge is 0.493 e. The molecule has 0 aromatic heterocycles. The summed E-state index contributed by atoms with van der Waals surface area (Å²) in [6, 6.07) is 7.20. The second-order valence-corrected chi connectivity index (χ2v) is 7.24. The van der Waals surface area contributed by atoms with Crippen molar-refractivity contribution in [2.45, 2.75) is 52.0 Å². The minimum Gasteiger partial charge on any atom is -0.493 e. The normalized spacial score (nSPS) is 14.5. The van der Waals surface area contributed by atoms with Crippen molar-refractivity contribution in [3.8, 4) is 17.6 Å². The van der Waals surface area contributed by atoms with Gasteiger partial charge in [-0.15, -0.1) is 0 Å². The SMILES string of the molecule is CCN(CC)C(=O)COc1ccc(/C=C(\C#N)C(=O)NC2CCCCC2)cc1OC. The van der Waals surface area contributed by atoms with Crippen LogP contribution in [0.4, 0.5) is 0 Å². The number of ether oxygens (including phenoxy) is 2. The molecule has 2 amide bonds. The lowest BCUT2D eigenvalue weighted by Crippen LogP contribution is -2.36. The van der Waals surface area contributed by atoms with E-state index in [4.69, 9.17) is 9.47 Å². The molecule has 162 valence electrons. The zero-order valence-corrected chi connectivity index (χ0v) is 18.1. The first-order valence-corrected chi connectivity index (χ1v) is 10.5. The Morgan fingerprint density at radius 1 is 1.20 bits per heavy atom. The van der Waals surface area contributed by atoms with Crippen molar-refractivity contribution in [3.05, 3.63) is 29.3 Å². The summed E-state index contributed by atoms with van der Waals surface area (Å²) in [5.41, 5.74) is 0.692. The number of hydrogen-bond acceptors (Lipinski definition) is 5. The van der Waals surface area contributed by atoms with E-state index in [1.807, 2.05) is 19.9 Å². The van der Waals surface area contributed by atoms with Crippen LogP contribution >= 0.6 is 0 Å². The van der Waals surface area contributed by atoms with E-state index < -0.39 is 0 Å². The summed E-state index contributed by atoms with van der Waals surface area (Å²) >= 11 is 0. The molecule has 1 N–H and O–H groups in total. The second-order valence-electron chi connectivity index (χ2n) is 7.24. The molecule has 0 saturated heterocycles. The highest BCUT2D eigenvalue weighted by Crippen LogP contribution is 2.29. The maximum Gasteiger partial charge on any atom is 0.262 e. The van der Waals surface area contributed by atoms with Gasteiger partial charge in [0.1, 0.15) is 11.6 Å². The molecule has 0 bridgehead atoms. The van der Waals surface area contributed by atoms with Crippen molar-refractivity contribution in [2.24, 2.45) is 0 Å². The Hall–Kier alpha value is -3.01. The first-order chi connectivity index (χ1) is 14.5. The monoisotopic (exact) mass is 413 g/mol.